The number of hydrogen-bond donors (Lipinski definition) is 2. The number of thiazole rings is 1. The molecule has 0 atom stereocenters. The predicted molar refractivity (Wildman–Crippen MR) is 96.6 cm³/mol. The first-order chi connectivity index (χ1) is 11.1. The first-order valence-corrected chi connectivity index (χ1v) is 8.12. The third-order valence-electron chi connectivity index (χ3n) is 3.18. The number of rotatable bonds is 4. The van der Waals surface area contributed by atoms with Crippen LogP contribution in [0.2, 0.25) is 5.02 Å². The summed E-state index contributed by atoms with van der Waals surface area (Å²) < 4.78 is 0. The molecule has 3 aromatic rings. The van der Waals surface area contributed by atoms with E-state index in [-0.39, 0.29) is 5.75 Å². The molecule has 0 fully saturated rings. The summed E-state index contributed by atoms with van der Waals surface area (Å²) in [6.45, 7) is 2.04. The van der Waals surface area contributed by atoms with Crippen molar-refractivity contribution in [3.63, 3.8) is 0 Å². The van der Waals surface area contributed by atoms with Gasteiger partial charge in [0.2, 0.25) is 5.13 Å². The monoisotopic (exact) mass is 343 g/mol. The zero-order chi connectivity index (χ0) is 16.2. The Bertz CT molecular complexity index is 843. The lowest BCUT2D eigenvalue weighted by Crippen LogP contribution is -1.89. The highest BCUT2D eigenvalue weighted by molar-refractivity contribution is 7.18. The van der Waals surface area contributed by atoms with Gasteiger partial charge in [-0.25, -0.2) is 4.98 Å². The van der Waals surface area contributed by atoms with E-state index in [1.54, 1.807) is 30.6 Å². The topological polar surface area (TPSA) is 57.5 Å². The van der Waals surface area contributed by atoms with Gasteiger partial charge in [0.15, 0.2) is 0 Å². The fraction of sp³-hybridized carbons (Fsp3) is 0.0588. The Balaban J connectivity index is 1.72. The van der Waals surface area contributed by atoms with E-state index in [0.717, 1.165) is 10.4 Å². The first kappa shape index (κ1) is 15.5. The van der Waals surface area contributed by atoms with Crippen molar-refractivity contribution in [1.82, 2.24) is 4.98 Å². The second kappa shape index (κ2) is 6.81. The summed E-state index contributed by atoms with van der Waals surface area (Å²) in [5.41, 5.74) is 5.77. The molecule has 0 amide bonds. The fourth-order valence-electron chi connectivity index (χ4n) is 1.97. The lowest BCUT2D eigenvalue weighted by molar-refractivity contribution is 0.477. The van der Waals surface area contributed by atoms with E-state index in [4.69, 9.17) is 11.6 Å². The number of anilines is 1. The largest absolute Gasteiger partial charge is 0.507 e. The molecule has 4 nitrogen and oxygen atoms in total. The van der Waals surface area contributed by atoms with Crippen LogP contribution in [0, 0.1) is 6.92 Å². The molecule has 1 aromatic heterocycles. The molecule has 1 heterocycles. The summed E-state index contributed by atoms with van der Waals surface area (Å²) in [5, 5.41) is 15.3. The maximum Gasteiger partial charge on any atom is 0.203 e. The molecule has 0 saturated carbocycles. The quantitative estimate of drug-likeness (QED) is 0.522. The molecule has 6 heteroatoms. The SMILES string of the molecule is Cc1ccc(/C=N\Nc2ncc(-c3cc(Cl)ccc3O)s2)cc1. The summed E-state index contributed by atoms with van der Waals surface area (Å²) in [6.07, 6.45) is 3.41. The number of nitrogens with one attached hydrogen (secondary N) is 1. The van der Waals surface area contributed by atoms with Crippen molar-refractivity contribution in [2.45, 2.75) is 6.92 Å². The minimum atomic E-state index is 0.174. The number of aromatic hydroxyl groups is 1. The molecule has 2 N–H and O–H groups in total. The molecule has 2 aromatic carbocycles. The van der Waals surface area contributed by atoms with Crippen LogP contribution in [0.25, 0.3) is 10.4 Å². The number of nitrogens with zero attached hydrogens (tertiary/aromatic N) is 2. The minimum absolute atomic E-state index is 0.174. The van der Waals surface area contributed by atoms with Crippen molar-refractivity contribution >= 4 is 34.3 Å². The number of hydrazone groups is 1. The Kier molecular flexibility index (Phi) is 4.60. The van der Waals surface area contributed by atoms with Crippen LogP contribution >= 0.6 is 22.9 Å². The molecular weight excluding hydrogens is 330 g/mol. The van der Waals surface area contributed by atoms with Gasteiger partial charge in [0.05, 0.1) is 11.1 Å². The number of hydrogen-bond acceptors (Lipinski definition) is 5. The zero-order valence-electron chi connectivity index (χ0n) is 12.3. The number of phenols is 1. The summed E-state index contributed by atoms with van der Waals surface area (Å²) in [5.74, 6) is 0.174. The molecule has 0 saturated heterocycles. The van der Waals surface area contributed by atoms with Crippen LogP contribution in [-0.4, -0.2) is 16.3 Å². The molecule has 0 aliphatic heterocycles. The normalized spacial score (nSPS) is 11.0. The molecule has 0 radical (unpaired) electrons. The first-order valence-electron chi connectivity index (χ1n) is 6.92. The van der Waals surface area contributed by atoms with E-state index < -0.39 is 0 Å². The Labute approximate surface area is 143 Å². The van der Waals surface area contributed by atoms with E-state index in [2.05, 4.69) is 15.5 Å². The lowest BCUT2D eigenvalue weighted by Gasteiger charge is -2.01. The molecule has 0 aliphatic rings. The van der Waals surface area contributed by atoms with Gasteiger partial charge in [0.1, 0.15) is 5.75 Å². The molecule has 3 rings (SSSR count). The second-order valence-electron chi connectivity index (χ2n) is 4.97. The second-order valence-corrected chi connectivity index (χ2v) is 6.44. The van der Waals surface area contributed by atoms with E-state index in [1.165, 1.54) is 16.9 Å². The van der Waals surface area contributed by atoms with Crippen molar-refractivity contribution in [3.05, 3.63) is 64.8 Å². The third-order valence-corrected chi connectivity index (χ3v) is 4.35. The Morgan fingerprint density at radius 2 is 2.00 bits per heavy atom. The standard InChI is InChI=1S/C17H14ClN3OS/c1-11-2-4-12(5-3-11)9-20-21-17-19-10-16(23-17)14-8-13(18)6-7-15(14)22/h2-10,22H,1H3,(H,19,21)/b20-9-. The summed E-state index contributed by atoms with van der Waals surface area (Å²) in [4.78, 5) is 5.07. The number of phenolic OH excluding ortho intramolecular Hbond substituents is 1. The van der Waals surface area contributed by atoms with E-state index in [1.807, 2.05) is 31.2 Å². The van der Waals surface area contributed by atoms with E-state index >= 15 is 0 Å². The minimum Gasteiger partial charge on any atom is -0.507 e. The predicted octanol–water partition coefficient (Wildman–Crippen LogP) is 4.92. The molecule has 23 heavy (non-hydrogen) atoms. The number of aryl methyl sites for hydroxylation is 1. The lowest BCUT2D eigenvalue weighted by atomic mass is 10.2. The maximum absolute atomic E-state index is 9.92. The highest BCUT2D eigenvalue weighted by Gasteiger charge is 2.09. The molecule has 116 valence electrons. The molecular formula is C17H14ClN3OS. The van der Waals surface area contributed by atoms with Gasteiger partial charge in [-0.1, -0.05) is 52.8 Å². The van der Waals surface area contributed by atoms with Crippen LogP contribution in [0.15, 0.2) is 53.8 Å². The van der Waals surface area contributed by atoms with Gasteiger partial charge < -0.3 is 5.11 Å². The van der Waals surface area contributed by atoms with Gasteiger partial charge in [-0.05, 0) is 30.7 Å². The van der Waals surface area contributed by atoms with Crippen molar-refractivity contribution in [2.24, 2.45) is 5.10 Å². The van der Waals surface area contributed by atoms with E-state index in [0.29, 0.717) is 15.7 Å². The highest BCUT2D eigenvalue weighted by Crippen LogP contribution is 2.36. The molecule has 0 bridgehead atoms. The van der Waals surface area contributed by atoms with Crippen LogP contribution in [0.3, 0.4) is 0 Å². The fourth-order valence-corrected chi connectivity index (χ4v) is 2.93. The Morgan fingerprint density at radius 1 is 1.22 bits per heavy atom. The van der Waals surface area contributed by atoms with E-state index in [9.17, 15) is 5.11 Å². The number of aromatic nitrogens is 1. The number of halogens is 1. The van der Waals surface area contributed by atoms with Crippen molar-refractivity contribution in [3.8, 4) is 16.2 Å². The Hall–Kier alpha value is -2.37. The zero-order valence-corrected chi connectivity index (χ0v) is 13.9. The van der Waals surface area contributed by atoms with Gasteiger partial charge in [-0.2, -0.15) is 5.10 Å². The molecule has 0 spiro atoms. The van der Waals surface area contributed by atoms with Gasteiger partial charge in [0, 0.05) is 16.8 Å². The van der Waals surface area contributed by atoms with Crippen LogP contribution in [0.1, 0.15) is 11.1 Å². The average Bonchev–Trinajstić information content (AvgIpc) is 3.00. The van der Waals surface area contributed by atoms with Gasteiger partial charge in [-0.3, -0.25) is 5.43 Å². The molecule has 0 unspecified atom stereocenters. The van der Waals surface area contributed by atoms with Gasteiger partial charge >= 0.3 is 0 Å². The smallest absolute Gasteiger partial charge is 0.203 e. The Morgan fingerprint density at radius 3 is 2.78 bits per heavy atom. The molecule has 0 aliphatic carbocycles. The maximum atomic E-state index is 9.92. The van der Waals surface area contributed by atoms with Crippen molar-refractivity contribution < 1.29 is 5.11 Å². The summed E-state index contributed by atoms with van der Waals surface area (Å²) >= 11 is 7.36. The van der Waals surface area contributed by atoms with Gasteiger partial charge in [-0.15, -0.1) is 0 Å². The summed E-state index contributed by atoms with van der Waals surface area (Å²) in [7, 11) is 0. The van der Waals surface area contributed by atoms with Crippen LogP contribution in [0.4, 0.5) is 5.13 Å². The van der Waals surface area contributed by atoms with Crippen LogP contribution in [-0.2, 0) is 0 Å². The van der Waals surface area contributed by atoms with Crippen LogP contribution < -0.4 is 5.43 Å². The third kappa shape index (κ3) is 3.88. The van der Waals surface area contributed by atoms with Gasteiger partial charge in [0.25, 0.3) is 0 Å². The number of benzene rings is 2. The average molecular weight is 344 g/mol. The van der Waals surface area contributed by atoms with Crippen molar-refractivity contribution in [1.29, 1.82) is 0 Å². The summed E-state index contributed by atoms with van der Waals surface area (Å²) in [6, 6.07) is 13.0. The van der Waals surface area contributed by atoms with Crippen LogP contribution in [0.5, 0.6) is 5.75 Å². The van der Waals surface area contributed by atoms with Crippen molar-refractivity contribution in [2.75, 3.05) is 5.43 Å². The highest BCUT2D eigenvalue weighted by atomic mass is 35.5.